The minimum atomic E-state index is -0.391. The second-order valence-corrected chi connectivity index (χ2v) is 9.27. The Labute approximate surface area is 233 Å². The summed E-state index contributed by atoms with van der Waals surface area (Å²) in [6.07, 6.45) is 5.63. The predicted octanol–water partition coefficient (Wildman–Crippen LogP) is 6.61. The van der Waals surface area contributed by atoms with Gasteiger partial charge in [-0.15, -0.1) is 11.6 Å². The Morgan fingerprint density at radius 2 is 1.95 bits per heavy atom. The first-order chi connectivity index (χ1) is 17.9. The fraction of sp³-hybridized carbons (Fsp3) is 0.481. The van der Waals surface area contributed by atoms with Crippen molar-refractivity contribution in [2.24, 2.45) is 0 Å². The number of benzene rings is 1. The van der Waals surface area contributed by atoms with Crippen LogP contribution >= 0.6 is 27.5 Å². The molecule has 204 valence electrons. The highest BCUT2D eigenvalue weighted by molar-refractivity contribution is 9.10. The molecule has 0 amide bonds. The molecule has 1 aromatic carbocycles. The Hall–Kier alpha value is -2.20. The van der Waals surface area contributed by atoms with E-state index in [9.17, 15) is 4.39 Å². The number of ether oxygens (including phenoxy) is 3. The van der Waals surface area contributed by atoms with Gasteiger partial charge in [0.2, 0.25) is 0 Å². The number of nitrogens with one attached hydrogen (secondary N) is 1. The van der Waals surface area contributed by atoms with Crippen LogP contribution in [-0.4, -0.2) is 67.3 Å². The molecule has 7 nitrogen and oxygen atoms in total. The largest absolute Gasteiger partial charge is 0.493 e. The van der Waals surface area contributed by atoms with Crippen molar-refractivity contribution in [3.8, 4) is 11.5 Å². The number of aryl methyl sites for hydroxylation is 2. The third kappa shape index (κ3) is 9.89. The molecule has 1 unspecified atom stereocenters. The molecule has 4 rings (SSSR count). The molecule has 0 radical (unpaired) electrons. The van der Waals surface area contributed by atoms with Gasteiger partial charge >= 0.3 is 0 Å². The van der Waals surface area contributed by atoms with Gasteiger partial charge in [0.05, 0.1) is 32.6 Å². The third-order valence-corrected chi connectivity index (χ3v) is 6.28. The molecule has 2 aliphatic heterocycles. The second-order valence-electron chi connectivity index (χ2n) is 8.36. The van der Waals surface area contributed by atoms with Crippen LogP contribution in [0.5, 0.6) is 11.5 Å². The maximum Gasteiger partial charge on any atom is 0.162 e. The number of methoxy groups -OCH3 is 1. The summed E-state index contributed by atoms with van der Waals surface area (Å²) in [6.45, 7) is 10.5. The number of alkyl halides is 1. The SMILES string of the molecule is C1CC2COCCN2C1.CCOc1cc(C)c(Nc2ccc(Br)cc2F)ncnc(C)cc1OC.CCl. The van der Waals surface area contributed by atoms with E-state index in [1.807, 2.05) is 20.8 Å². The quantitative estimate of drug-likeness (QED) is 0.388. The highest BCUT2D eigenvalue weighted by atomic mass is 79.9. The van der Waals surface area contributed by atoms with E-state index in [1.165, 1.54) is 44.7 Å². The van der Waals surface area contributed by atoms with Gasteiger partial charge < -0.3 is 19.5 Å². The van der Waals surface area contributed by atoms with Crippen LogP contribution in [0, 0.1) is 19.7 Å². The van der Waals surface area contributed by atoms with Crippen molar-refractivity contribution in [3.63, 3.8) is 0 Å². The smallest absolute Gasteiger partial charge is 0.162 e. The van der Waals surface area contributed by atoms with Gasteiger partial charge in [0, 0.05) is 35.2 Å². The van der Waals surface area contributed by atoms with E-state index < -0.39 is 5.82 Å². The Balaban J connectivity index is 0.000000360. The molecule has 2 aromatic rings. The summed E-state index contributed by atoms with van der Waals surface area (Å²) in [5, 5.41) is 3.01. The standard InChI is InChI=1S/C19H21BrFN3O2.C7H13NO.CH3Cl/c1-5-26-18-8-12(2)19(23-11-22-13(3)9-17(18)25-4)24-16-7-6-14(20)10-15(16)21;1-2-7-6-9-5-4-8(7)3-1;1-2/h6-11H,5H2,1-4H3,(H,22,23,24);7H,1-6H2;1H3. The van der Waals surface area contributed by atoms with Crippen molar-refractivity contribution >= 4 is 39.0 Å². The van der Waals surface area contributed by atoms with E-state index in [0.29, 0.717) is 39.8 Å². The first kappa shape index (κ1) is 31.0. The van der Waals surface area contributed by atoms with Gasteiger partial charge in [0.25, 0.3) is 0 Å². The summed E-state index contributed by atoms with van der Waals surface area (Å²) in [4.78, 5) is 11.1. The Kier molecular flexibility index (Phi) is 13.9. The Bertz CT molecular complexity index is 1050. The van der Waals surface area contributed by atoms with Gasteiger partial charge in [-0.25, -0.2) is 14.4 Å². The summed E-state index contributed by atoms with van der Waals surface area (Å²) < 4.78 is 31.3. The molecule has 2 saturated heterocycles. The molecule has 0 spiro atoms. The average molecular weight is 600 g/mol. The maximum atomic E-state index is 14.2. The number of aromatic nitrogens is 2. The summed E-state index contributed by atoms with van der Waals surface area (Å²) in [7, 11) is 1.57. The van der Waals surface area contributed by atoms with Crippen molar-refractivity contribution in [3.05, 3.63) is 58.2 Å². The average Bonchev–Trinajstić information content (AvgIpc) is 3.38. The van der Waals surface area contributed by atoms with E-state index >= 15 is 0 Å². The summed E-state index contributed by atoms with van der Waals surface area (Å²) in [5.41, 5.74) is 1.75. The molecule has 1 aromatic heterocycles. The number of fused-ring (bicyclic) bond motifs is 1. The first-order valence-corrected chi connectivity index (χ1v) is 13.8. The zero-order valence-corrected chi connectivity index (χ0v) is 24.5. The second kappa shape index (κ2) is 16.6. The van der Waals surface area contributed by atoms with Crippen LogP contribution in [0.3, 0.4) is 0 Å². The molecular formula is C27H37BrClFN4O3. The fourth-order valence-corrected chi connectivity index (χ4v) is 4.30. The van der Waals surface area contributed by atoms with Crippen LogP contribution in [-0.2, 0) is 4.74 Å². The number of rotatable bonds is 5. The molecule has 37 heavy (non-hydrogen) atoms. The van der Waals surface area contributed by atoms with Crippen molar-refractivity contribution < 1.29 is 18.6 Å². The summed E-state index contributed by atoms with van der Waals surface area (Å²) in [6, 6.07) is 9.12. The highest BCUT2D eigenvalue weighted by Crippen LogP contribution is 2.28. The van der Waals surface area contributed by atoms with Gasteiger partial charge in [-0.2, -0.15) is 0 Å². The normalized spacial score (nSPS) is 16.2. The van der Waals surface area contributed by atoms with Gasteiger partial charge in [0.1, 0.15) is 18.0 Å². The van der Waals surface area contributed by atoms with Crippen LogP contribution < -0.4 is 14.8 Å². The highest BCUT2D eigenvalue weighted by Gasteiger charge is 2.26. The fourth-order valence-electron chi connectivity index (χ4n) is 3.97. The van der Waals surface area contributed by atoms with Crippen LogP contribution in [0.4, 0.5) is 15.9 Å². The van der Waals surface area contributed by atoms with Gasteiger partial charge in [-0.05, 0) is 70.0 Å². The van der Waals surface area contributed by atoms with Crippen molar-refractivity contribution in [1.82, 2.24) is 14.9 Å². The molecule has 1 atom stereocenters. The molecule has 0 bridgehead atoms. The van der Waals surface area contributed by atoms with Gasteiger partial charge in [-0.3, -0.25) is 4.90 Å². The number of nitrogens with zero attached hydrogens (tertiary/aromatic N) is 3. The minimum absolute atomic E-state index is 0.311. The van der Waals surface area contributed by atoms with Crippen LogP contribution in [0.25, 0.3) is 0 Å². The number of halogens is 3. The Morgan fingerprint density at radius 1 is 1.16 bits per heavy atom. The molecule has 3 heterocycles. The van der Waals surface area contributed by atoms with Crippen LogP contribution in [0.2, 0.25) is 0 Å². The van der Waals surface area contributed by atoms with E-state index in [0.717, 1.165) is 24.8 Å². The van der Waals surface area contributed by atoms with Gasteiger partial charge in [-0.1, -0.05) is 15.9 Å². The maximum absolute atomic E-state index is 14.2. The summed E-state index contributed by atoms with van der Waals surface area (Å²) >= 11 is 7.89. The van der Waals surface area contributed by atoms with E-state index in [4.69, 9.17) is 14.2 Å². The topological polar surface area (TPSA) is 68.7 Å². The molecule has 1 N–H and O–H groups in total. The van der Waals surface area contributed by atoms with Gasteiger partial charge in [0.15, 0.2) is 11.5 Å². The zero-order valence-electron chi connectivity index (χ0n) is 22.2. The lowest BCUT2D eigenvalue weighted by Gasteiger charge is -2.28. The van der Waals surface area contributed by atoms with Crippen molar-refractivity contribution in [2.75, 3.05) is 51.7 Å². The number of anilines is 2. The number of hydrogen-bond donors (Lipinski definition) is 1. The van der Waals surface area contributed by atoms with Crippen molar-refractivity contribution in [2.45, 2.75) is 39.7 Å². The lowest BCUT2D eigenvalue weighted by atomic mass is 10.2. The number of hydrogen-bond acceptors (Lipinski definition) is 7. The molecule has 2 aliphatic rings. The third-order valence-electron chi connectivity index (χ3n) is 5.79. The number of morpholine rings is 1. The van der Waals surface area contributed by atoms with E-state index in [1.54, 1.807) is 31.4 Å². The minimum Gasteiger partial charge on any atom is -0.493 e. The molecule has 10 heteroatoms. The zero-order chi connectivity index (χ0) is 27.2. The molecule has 0 saturated carbocycles. The van der Waals surface area contributed by atoms with E-state index in [2.05, 4.69) is 47.7 Å². The first-order valence-electron chi connectivity index (χ1n) is 12.2. The van der Waals surface area contributed by atoms with Crippen LogP contribution in [0.15, 0.2) is 41.1 Å². The van der Waals surface area contributed by atoms with Crippen LogP contribution in [0.1, 0.15) is 31.0 Å². The molecular weight excluding hydrogens is 563 g/mol. The monoisotopic (exact) mass is 598 g/mol. The molecule has 0 aliphatic carbocycles. The van der Waals surface area contributed by atoms with Crippen molar-refractivity contribution in [1.29, 1.82) is 0 Å². The molecule has 2 fully saturated rings. The predicted molar refractivity (Wildman–Crippen MR) is 151 cm³/mol. The van der Waals surface area contributed by atoms with E-state index in [-0.39, 0.29) is 0 Å². The summed E-state index contributed by atoms with van der Waals surface area (Å²) in [5.74, 6) is 1.17. The lowest BCUT2D eigenvalue weighted by Crippen LogP contribution is -2.40. The lowest BCUT2D eigenvalue weighted by molar-refractivity contribution is 0.0129. The Morgan fingerprint density at radius 3 is 2.62 bits per heavy atom.